The molecule has 5 nitrogen and oxygen atoms in total. The third-order valence-electron chi connectivity index (χ3n) is 5.06. The topological polar surface area (TPSA) is 71.3 Å². The van der Waals surface area contributed by atoms with E-state index in [1.165, 1.54) is 6.42 Å². The summed E-state index contributed by atoms with van der Waals surface area (Å²) in [6.45, 7) is 6.45. The Labute approximate surface area is 144 Å². The molecule has 2 N–H and O–H groups in total. The second kappa shape index (κ2) is 8.90. The number of hydrogen-bond acceptors (Lipinski definition) is 3. The quantitative estimate of drug-likeness (QED) is 0.804. The average molecular weight is 334 g/mol. The Morgan fingerprint density at radius 3 is 2.50 bits per heavy atom. The summed E-state index contributed by atoms with van der Waals surface area (Å²) in [6, 6.07) is 3.10. The van der Waals surface area contributed by atoms with Crippen LogP contribution in [0.25, 0.3) is 0 Å². The third kappa shape index (κ3) is 5.11. The zero-order chi connectivity index (χ0) is 17.5. The fourth-order valence-corrected chi connectivity index (χ4v) is 3.34. The highest BCUT2D eigenvalue weighted by atomic mass is 16.3. The van der Waals surface area contributed by atoms with Crippen LogP contribution in [0.15, 0.2) is 22.8 Å². The Bertz CT molecular complexity index is 517. The molecule has 1 heterocycles. The molecule has 134 valence electrons. The molecule has 0 aliphatic heterocycles. The minimum absolute atomic E-state index is 0.0244. The maximum Gasteiger partial charge on any atom is 0.243 e. The number of amides is 2. The zero-order valence-corrected chi connectivity index (χ0v) is 15.0. The van der Waals surface area contributed by atoms with E-state index in [4.69, 9.17) is 4.42 Å². The van der Waals surface area contributed by atoms with Crippen molar-refractivity contribution in [1.82, 2.24) is 10.6 Å². The van der Waals surface area contributed by atoms with Crippen LogP contribution in [0.2, 0.25) is 0 Å². The van der Waals surface area contributed by atoms with Gasteiger partial charge in [-0.15, -0.1) is 0 Å². The number of carbonyl (C=O) groups is 2. The lowest BCUT2D eigenvalue weighted by molar-refractivity contribution is -0.133. The van der Waals surface area contributed by atoms with Crippen molar-refractivity contribution in [3.05, 3.63) is 24.2 Å². The van der Waals surface area contributed by atoms with Crippen molar-refractivity contribution in [3.63, 3.8) is 0 Å². The van der Waals surface area contributed by atoms with Crippen molar-refractivity contribution in [2.45, 2.75) is 65.5 Å². The number of hydrogen-bond donors (Lipinski definition) is 2. The Kier molecular flexibility index (Phi) is 6.88. The lowest BCUT2D eigenvalue weighted by atomic mass is 9.80. The molecule has 1 atom stereocenters. The predicted octanol–water partition coefficient (Wildman–Crippen LogP) is 3.25. The molecule has 1 aliphatic carbocycles. The summed E-state index contributed by atoms with van der Waals surface area (Å²) in [6.07, 6.45) is 6.87. The van der Waals surface area contributed by atoms with E-state index >= 15 is 0 Å². The molecule has 1 saturated carbocycles. The third-order valence-corrected chi connectivity index (χ3v) is 5.06. The SMILES string of the molecule is CCC1CCC(C(=O)NC(C(=O)NCc2ccco2)C(C)C)CC1. The highest BCUT2D eigenvalue weighted by Gasteiger charge is 2.30. The van der Waals surface area contributed by atoms with Gasteiger partial charge in [0, 0.05) is 5.92 Å². The highest BCUT2D eigenvalue weighted by molar-refractivity contribution is 5.88. The Hall–Kier alpha value is -1.78. The normalized spacial score (nSPS) is 22.2. The molecule has 1 unspecified atom stereocenters. The van der Waals surface area contributed by atoms with E-state index in [0.29, 0.717) is 12.3 Å². The van der Waals surface area contributed by atoms with E-state index in [1.54, 1.807) is 12.3 Å². The van der Waals surface area contributed by atoms with Gasteiger partial charge in [-0.25, -0.2) is 0 Å². The molecule has 1 fully saturated rings. The van der Waals surface area contributed by atoms with Crippen molar-refractivity contribution in [3.8, 4) is 0 Å². The van der Waals surface area contributed by atoms with E-state index in [0.717, 1.165) is 31.6 Å². The standard InChI is InChI=1S/C19H30N2O3/c1-4-14-7-9-15(10-8-14)18(22)21-17(13(2)3)19(23)20-12-16-6-5-11-24-16/h5-6,11,13-15,17H,4,7-10,12H2,1-3H3,(H,20,23)(H,21,22). The van der Waals surface area contributed by atoms with Gasteiger partial charge in [0.25, 0.3) is 0 Å². The molecular formula is C19H30N2O3. The van der Waals surface area contributed by atoms with E-state index in [1.807, 2.05) is 19.9 Å². The second-order valence-electron chi connectivity index (χ2n) is 7.15. The van der Waals surface area contributed by atoms with E-state index < -0.39 is 6.04 Å². The van der Waals surface area contributed by atoms with Gasteiger partial charge in [0.05, 0.1) is 12.8 Å². The first-order chi connectivity index (χ1) is 11.5. The van der Waals surface area contributed by atoms with Gasteiger partial charge in [-0.05, 0) is 49.7 Å². The smallest absolute Gasteiger partial charge is 0.243 e. The molecular weight excluding hydrogens is 304 g/mol. The first-order valence-electron chi connectivity index (χ1n) is 9.11. The van der Waals surface area contributed by atoms with Crippen LogP contribution in [0.3, 0.4) is 0 Å². The van der Waals surface area contributed by atoms with Gasteiger partial charge in [-0.2, -0.15) is 0 Å². The molecule has 0 spiro atoms. The monoisotopic (exact) mass is 334 g/mol. The fourth-order valence-electron chi connectivity index (χ4n) is 3.34. The highest BCUT2D eigenvalue weighted by Crippen LogP contribution is 2.30. The first-order valence-corrected chi connectivity index (χ1v) is 9.11. The van der Waals surface area contributed by atoms with Crippen molar-refractivity contribution >= 4 is 11.8 Å². The molecule has 24 heavy (non-hydrogen) atoms. The molecule has 0 radical (unpaired) electrons. The molecule has 2 rings (SSSR count). The minimum Gasteiger partial charge on any atom is -0.467 e. The molecule has 1 aliphatic rings. The fraction of sp³-hybridized carbons (Fsp3) is 0.684. The van der Waals surface area contributed by atoms with Gasteiger partial charge in [0.15, 0.2) is 0 Å². The van der Waals surface area contributed by atoms with Crippen LogP contribution in [-0.4, -0.2) is 17.9 Å². The number of furan rings is 1. The minimum atomic E-state index is -0.503. The van der Waals surface area contributed by atoms with E-state index in [2.05, 4.69) is 17.6 Å². The van der Waals surface area contributed by atoms with Crippen molar-refractivity contribution in [2.75, 3.05) is 0 Å². The second-order valence-corrected chi connectivity index (χ2v) is 7.15. The summed E-state index contributed by atoms with van der Waals surface area (Å²) in [5.41, 5.74) is 0. The van der Waals surface area contributed by atoms with Crippen molar-refractivity contribution in [1.29, 1.82) is 0 Å². The number of nitrogens with one attached hydrogen (secondary N) is 2. The Morgan fingerprint density at radius 1 is 1.25 bits per heavy atom. The van der Waals surface area contributed by atoms with Crippen LogP contribution >= 0.6 is 0 Å². The number of carbonyl (C=O) groups excluding carboxylic acids is 2. The largest absolute Gasteiger partial charge is 0.467 e. The maximum atomic E-state index is 12.5. The van der Waals surface area contributed by atoms with Gasteiger partial charge in [-0.1, -0.05) is 27.2 Å². The Balaban J connectivity index is 1.85. The zero-order valence-electron chi connectivity index (χ0n) is 15.0. The molecule has 0 aromatic carbocycles. The summed E-state index contributed by atoms with van der Waals surface area (Å²) < 4.78 is 5.22. The van der Waals surface area contributed by atoms with Crippen molar-refractivity contribution < 1.29 is 14.0 Å². The molecule has 1 aromatic rings. The summed E-state index contributed by atoms with van der Waals surface area (Å²) in [5.74, 6) is 1.42. The van der Waals surface area contributed by atoms with Crippen LogP contribution < -0.4 is 10.6 Å². The molecule has 0 bridgehead atoms. The van der Waals surface area contributed by atoms with Crippen LogP contribution in [0.4, 0.5) is 0 Å². The van der Waals surface area contributed by atoms with Gasteiger partial charge in [0.1, 0.15) is 11.8 Å². The predicted molar refractivity (Wildman–Crippen MR) is 93.1 cm³/mol. The van der Waals surface area contributed by atoms with Crippen LogP contribution in [0, 0.1) is 17.8 Å². The molecule has 0 saturated heterocycles. The maximum absolute atomic E-state index is 12.5. The van der Waals surface area contributed by atoms with Crippen LogP contribution in [0.5, 0.6) is 0 Å². The lowest BCUT2D eigenvalue weighted by Crippen LogP contribution is -2.51. The van der Waals surface area contributed by atoms with E-state index in [-0.39, 0.29) is 23.7 Å². The molecule has 5 heteroatoms. The van der Waals surface area contributed by atoms with Gasteiger partial charge in [0.2, 0.25) is 11.8 Å². The van der Waals surface area contributed by atoms with Gasteiger partial charge < -0.3 is 15.1 Å². The van der Waals surface area contributed by atoms with Crippen LogP contribution in [0.1, 0.15) is 58.6 Å². The summed E-state index contributed by atoms with van der Waals surface area (Å²) in [4.78, 5) is 25.0. The lowest BCUT2D eigenvalue weighted by Gasteiger charge is -2.29. The van der Waals surface area contributed by atoms with Crippen molar-refractivity contribution in [2.24, 2.45) is 17.8 Å². The number of rotatable bonds is 7. The van der Waals surface area contributed by atoms with Crippen LogP contribution in [-0.2, 0) is 16.1 Å². The average Bonchev–Trinajstić information content (AvgIpc) is 3.10. The van der Waals surface area contributed by atoms with Gasteiger partial charge >= 0.3 is 0 Å². The molecule has 2 amide bonds. The van der Waals surface area contributed by atoms with E-state index in [9.17, 15) is 9.59 Å². The summed E-state index contributed by atoms with van der Waals surface area (Å²) in [5, 5.41) is 5.81. The molecule has 1 aromatic heterocycles. The first kappa shape index (κ1) is 18.6. The Morgan fingerprint density at radius 2 is 1.96 bits per heavy atom. The summed E-state index contributed by atoms with van der Waals surface area (Å²) in [7, 11) is 0. The van der Waals surface area contributed by atoms with Gasteiger partial charge in [-0.3, -0.25) is 9.59 Å². The summed E-state index contributed by atoms with van der Waals surface area (Å²) >= 11 is 0.